The zero-order valence-corrected chi connectivity index (χ0v) is 15.2. The number of amides is 1. The van der Waals surface area contributed by atoms with E-state index in [9.17, 15) is 24.6 Å². The number of carbonyl (C=O) groups is 1. The van der Waals surface area contributed by atoms with Crippen molar-refractivity contribution in [1.82, 2.24) is 24.8 Å². The Balaban J connectivity index is 1.70. The van der Waals surface area contributed by atoms with Crippen molar-refractivity contribution in [3.63, 3.8) is 0 Å². The fourth-order valence-electron chi connectivity index (χ4n) is 2.88. The highest BCUT2D eigenvalue weighted by molar-refractivity contribution is 5.91. The molecule has 2 aromatic heterocycles. The Labute approximate surface area is 163 Å². The summed E-state index contributed by atoms with van der Waals surface area (Å²) in [6.07, 6.45) is 1.91. The van der Waals surface area contributed by atoms with Gasteiger partial charge in [-0.15, -0.1) is 0 Å². The molecule has 0 spiro atoms. The van der Waals surface area contributed by atoms with E-state index < -0.39 is 48.3 Å². The van der Waals surface area contributed by atoms with Crippen LogP contribution >= 0.6 is 0 Å². The van der Waals surface area contributed by atoms with E-state index in [-0.39, 0.29) is 5.56 Å². The molecule has 0 aromatic carbocycles. The summed E-state index contributed by atoms with van der Waals surface area (Å²) in [6.45, 7) is -0.206. The summed E-state index contributed by atoms with van der Waals surface area (Å²) in [5, 5.41) is 31.7. The summed E-state index contributed by atoms with van der Waals surface area (Å²) in [6, 6.07) is 0. The molecule has 1 aliphatic rings. The van der Waals surface area contributed by atoms with Gasteiger partial charge in [0.15, 0.2) is 6.23 Å². The summed E-state index contributed by atoms with van der Waals surface area (Å²) in [5.74, 6) is -0.449. The first kappa shape index (κ1) is 20.7. The van der Waals surface area contributed by atoms with Gasteiger partial charge in [0.2, 0.25) is 5.91 Å². The maximum absolute atomic E-state index is 12.1. The number of H-pyrrole nitrogens is 2. The van der Waals surface area contributed by atoms with Crippen LogP contribution in [0.4, 0.5) is 0 Å². The zero-order chi connectivity index (χ0) is 21.0. The van der Waals surface area contributed by atoms with Crippen molar-refractivity contribution in [2.24, 2.45) is 0 Å². The Bertz CT molecular complexity index is 981. The van der Waals surface area contributed by atoms with Crippen LogP contribution in [0.5, 0.6) is 0 Å². The van der Waals surface area contributed by atoms with Crippen molar-refractivity contribution >= 4 is 12.0 Å². The molecule has 3 heterocycles. The number of hydrogen-bond donors (Lipinski definition) is 6. The fraction of sp³-hybridized carbons (Fsp3) is 0.412. The first-order valence-corrected chi connectivity index (χ1v) is 8.81. The van der Waals surface area contributed by atoms with E-state index in [1.165, 1.54) is 12.4 Å². The Morgan fingerprint density at radius 3 is 2.79 bits per heavy atom. The Kier molecular flexibility index (Phi) is 6.39. The second-order valence-corrected chi connectivity index (χ2v) is 6.43. The van der Waals surface area contributed by atoms with Gasteiger partial charge in [-0.3, -0.25) is 19.1 Å². The molecular weight excluding hydrogens is 386 g/mol. The van der Waals surface area contributed by atoms with E-state index in [1.54, 1.807) is 6.20 Å². The van der Waals surface area contributed by atoms with Crippen molar-refractivity contribution in [3.05, 3.63) is 56.9 Å². The molecule has 0 radical (unpaired) electrons. The quantitative estimate of drug-likeness (QED) is 0.267. The Hall–Kier alpha value is -3.06. The van der Waals surface area contributed by atoms with Gasteiger partial charge < -0.3 is 30.4 Å². The van der Waals surface area contributed by atoms with Gasteiger partial charge in [0.05, 0.1) is 18.5 Å². The number of rotatable bonds is 7. The molecular formula is C17H21N5O7. The highest BCUT2D eigenvalue weighted by Gasteiger charge is 2.43. The first-order valence-electron chi connectivity index (χ1n) is 8.81. The predicted octanol–water partition coefficient (Wildman–Crippen LogP) is -2.76. The number of ether oxygens (including phenoxy) is 1. The summed E-state index contributed by atoms with van der Waals surface area (Å²) >= 11 is 0. The molecule has 0 aliphatic carbocycles. The van der Waals surface area contributed by atoms with Gasteiger partial charge >= 0.3 is 5.69 Å². The lowest BCUT2D eigenvalue weighted by molar-refractivity contribution is -0.116. The Morgan fingerprint density at radius 1 is 1.34 bits per heavy atom. The molecule has 156 valence electrons. The third-order valence-corrected chi connectivity index (χ3v) is 4.45. The molecule has 4 atom stereocenters. The van der Waals surface area contributed by atoms with E-state index >= 15 is 0 Å². The number of hydrogen-bond acceptors (Lipinski definition) is 8. The second-order valence-electron chi connectivity index (χ2n) is 6.43. The van der Waals surface area contributed by atoms with Gasteiger partial charge in [-0.25, -0.2) is 9.78 Å². The van der Waals surface area contributed by atoms with E-state index in [4.69, 9.17) is 9.84 Å². The topological polar surface area (TPSA) is 183 Å². The number of aromatic nitrogens is 4. The van der Waals surface area contributed by atoms with Gasteiger partial charge in [0, 0.05) is 37.1 Å². The molecule has 12 nitrogen and oxygen atoms in total. The van der Waals surface area contributed by atoms with Crippen LogP contribution in [0.15, 0.2) is 34.4 Å². The monoisotopic (exact) mass is 407 g/mol. The normalized spacial score (nSPS) is 24.2. The largest absolute Gasteiger partial charge is 0.394 e. The third-order valence-electron chi connectivity index (χ3n) is 4.45. The van der Waals surface area contributed by atoms with Crippen LogP contribution in [-0.2, 0) is 16.0 Å². The van der Waals surface area contributed by atoms with E-state index in [1.807, 2.05) is 0 Å². The number of nitrogens with one attached hydrogen (secondary N) is 3. The van der Waals surface area contributed by atoms with Crippen molar-refractivity contribution in [2.75, 3.05) is 13.2 Å². The molecule has 2 aromatic rings. The third kappa shape index (κ3) is 4.68. The van der Waals surface area contributed by atoms with Gasteiger partial charge in [-0.2, -0.15) is 0 Å². The van der Waals surface area contributed by atoms with Crippen molar-refractivity contribution in [2.45, 2.75) is 31.0 Å². The molecule has 1 saturated heterocycles. The molecule has 0 bridgehead atoms. The van der Waals surface area contributed by atoms with Crippen molar-refractivity contribution < 1.29 is 24.9 Å². The molecule has 29 heavy (non-hydrogen) atoms. The van der Waals surface area contributed by atoms with Crippen LogP contribution in [0.1, 0.15) is 17.5 Å². The Morgan fingerprint density at radius 2 is 2.14 bits per heavy atom. The molecule has 3 rings (SSSR count). The van der Waals surface area contributed by atoms with Gasteiger partial charge in [-0.1, -0.05) is 0 Å². The smallest absolute Gasteiger partial charge is 0.330 e. The maximum atomic E-state index is 12.1. The number of aliphatic hydroxyl groups is 3. The minimum atomic E-state index is -1.49. The highest BCUT2D eigenvalue weighted by atomic mass is 16.6. The molecule has 1 unspecified atom stereocenters. The van der Waals surface area contributed by atoms with Crippen LogP contribution in [0, 0.1) is 0 Å². The van der Waals surface area contributed by atoms with Gasteiger partial charge in [-0.05, 0) is 6.08 Å². The SMILES string of the molecule is O=C(/C=C/c1cn([C@@H]2O[C@H](CO)C(O)[C@@H]2O)c(=O)[nH]c1=O)NCCc1cnc[nH]1. The molecule has 1 amide bonds. The van der Waals surface area contributed by atoms with Crippen molar-refractivity contribution in [1.29, 1.82) is 0 Å². The lowest BCUT2D eigenvalue weighted by Gasteiger charge is -2.17. The number of imidazole rings is 1. The molecule has 6 N–H and O–H groups in total. The molecule has 1 aliphatic heterocycles. The first-order chi connectivity index (χ1) is 13.9. The average molecular weight is 407 g/mol. The van der Waals surface area contributed by atoms with Crippen LogP contribution in [0.25, 0.3) is 6.08 Å². The van der Waals surface area contributed by atoms with E-state index in [0.29, 0.717) is 13.0 Å². The standard InChI is InChI=1S/C17H21N5O7/c23-7-11-13(25)14(26)16(29-11)22-6-9(15(27)21-17(22)28)1-2-12(24)19-4-3-10-5-18-8-20-10/h1-2,5-6,8,11,13-14,16,23,25-26H,3-4,7H2,(H,18,20)(H,19,24)(H,21,27,28)/b2-1+/t11-,13?,14+,16-/m1/s1. The molecule has 1 fully saturated rings. The number of carbonyl (C=O) groups excluding carboxylic acids is 1. The minimum Gasteiger partial charge on any atom is -0.394 e. The molecule has 12 heteroatoms. The highest BCUT2D eigenvalue weighted by Crippen LogP contribution is 2.27. The van der Waals surface area contributed by atoms with Crippen molar-refractivity contribution in [3.8, 4) is 0 Å². The lowest BCUT2D eigenvalue weighted by atomic mass is 10.1. The van der Waals surface area contributed by atoms with E-state index in [2.05, 4.69) is 20.3 Å². The number of nitrogens with zero attached hydrogens (tertiary/aromatic N) is 2. The predicted molar refractivity (Wildman–Crippen MR) is 98.7 cm³/mol. The van der Waals surface area contributed by atoms with E-state index in [0.717, 1.165) is 22.5 Å². The zero-order valence-electron chi connectivity index (χ0n) is 15.2. The van der Waals surface area contributed by atoms with Crippen LogP contribution in [0.2, 0.25) is 0 Å². The summed E-state index contributed by atoms with van der Waals surface area (Å²) < 4.78 is 6.18. The average Bonchev–Trinajstić information content (AvgIpc) is 3.30. The van der Waals surface area contributed by atoms with Crippen LogP contribution in [0.3, 0.4) is 0 Å². The van der Waals surface area contributed by atoms with Gasteiger partial charge in [0.1, 0.15) is 18.3 Å². The van der Waals surface area contributed by atoms with Gasteiger partial charge in [0.25, 0.3) is 5.56 Å². The summed E-state index contributed by atoms with van der Waals surface area (Å²) in [5.41, 5.74) is -0.784. The van der Waals surface area contributed by atoms with Crippen LogP contribution < -0.4 is 16.6 Å². The summed E-state index contributed by atoms with van der Waals surface area (Å²) in [4.78, 5) is 44.8. The molecule has 0 saturated carbocycles. The maximum Gasteiger partial charge on any atom is 0.330 e. The minimum absolute atomic E-state index is 0.0361. The second kappa shape index (κ2) is 8.96. The fourth-order valence-corrected chi connectivity index (χ4v) is 2.88. The number of aliphatic hydroxyl groups excluding tert-OH is 3. The van der Waals surface area contributed by atoms with Crippen LogP contribution in [-0.4, -0.2) is 72.2 Å². The number of aromatic amines is 2. The summed E-state index contributed by atoms with van der Waals surface area (Å²) in [7, 11) is 0. The lowest BCUT2D eigenvalue weighted by Crippen LogP contribution is -2.38.